The highest BCUT2D eigenvalue weighted by molar-refractivity contribution is 5.71. The predicted octanol–water partition coefficient (Wildman–Crippen LogP) is 20.6. The van der Waals surface area contributed by atoms with Gasteiger partial charge in [0.25, 0.3) is 0 Å². The number of esters is 3. The second-order valence-corrected chi connectivity index (χ2v) is 21.6. The fourth-order valence-electron chi connectivity index (χ4n) is 9.60. The van der Waals surface area contributed by atoms with Crippen molar-refractivity contribution in [2.45, 2.75) is 361 Å². The molecule has 0 N–H and O–H groups in total. The second-order valence-electron chi connectivity index (χ2n) is 21.6. The van der Waals surface area contributed by atoms with Crippen molar-refractivity contribution >= 4 is 17.9 Å². The van der Waals surface area contributed by atoms with Gasteiger partial charge in [0.1, 0.15) is 13.2 Å². The highest BCUT2D eigenvalue weighted by atomic mass is 16.6. The summed E-state index contributed by atoms with van der Waals surface area (Å²) in [6.07, 6.45) is 62.3. The van der Waals surface area contributed by atoms with Crippen molar-refractivity contribution in [2.24, 2.45) is 5.92 Å². The van der Waals surface area contributed by atoms with Crippen LogP contribution in [0.15, 0.2) is 0 Å². The lowest BCUT2D eigenvalue weighted by atomic mass is 9.99. The zero-order chi connectivity index (χ0) is 49.5. The van der Waals surface area contributed by atoms with E-state index >= 15 is 0 Å². The van der Waals surface area contributed by atoms with E-state index in [0.29, 0.717) is 19.3 Å². The first-order chi connectivity index (χ1) is 33.4. The van der Waals surface area contributed by atoms with Crippen LogP contribution >= 0.6 is 0 Å². The number of unbranched alkanes of at least 4 members (excludes halogenated alkanes) is 43. The molecule has 404 valence electrons. The summed E-state index contributed by atoms with van der Waals surface area (Å²) in [5.74, 6) is 0.0658. The van der Waals surface area contributed by atoms with Crippen molar-refractivity contribution in [1.29, 1.82) is 0 Å². The summed E-state index contributed by atoms with van der Waals surface area (Å²) in [5.41, 5.74) is 0. The van der Waals surface area contributed by atoms with Crippen LogP contribution in [0.5, 0.6) is 0 Å². The summed E-state index contributed by atoms with van der Waals surface area (Å²) >= 11 is 0. The van der Waals surface area contributed by atoms with Crippen molar-refractivity contribution in [1.82, 2.24) is 0 Å². The van der Waals surface area contributed by atoms with Gasteiger partial charge in [-0.15, -0.1) is 0 Å². The zero-order valence-electron chi connectivity index (χ0n) is 46.6. The molecule has 0 saturated carbocycles. The van der Waals surface area contributed by atoms with Crippen molar-refractivity contribution < 1.29 is 28.6 Å². The lowest BCUT2D eigenvalue weighted by Gasteiger charge is -2.18. The SMILES string of the molecule is CCCCCCCCCCCCCCCCCCCCC(=O)O[C@@H](COC(=O)CCCCCCCCCCCCCCCC)COC(=O)CCCCCCCCCCCCCCCCC(C)CC. The molecule has 0 fully saturated rings. The molecule has 0 aromatic heterocycles. The molecule has 0 radical (unpaired) electrons. The third-order valence-electron chi connectivity index (χ3n) is 14.7. The van der Waals surface area contributed by atoms with E-state index in [9.17, 15) is 14.4 Å². The van der Waals surface area contributed by atoms with Gasteiger partial charge in [0, 0.05) is 19.3 Å². The lowest BCUT2D eigenvalue weighted by molar-refractivity contribution is -0.167. The Bertz CT molecular complexity index is 1030. The molecule has 0 aromatic carbocycles. The Morgan fingerprint density at radius 3 is 0.765 bits per heavy atom. The molecule has 0 aliphatic carbocycles. The van der Waals surface area contributed by atoms with Gasteiger partial charge in [-0.1, -0.05) is 317 Å². The topological polar surface area (TPSA) is 78.9 Å². The summed E-state index contributed by atoms with van der Waals surface area (Å²) in [4.78, 5) is 38.2. The summed E-state index contributed by atoms with van der Waals surface area (Å²) in [6, 6.07) is 0. The zero-order valence-corrected chi connectivity index (χ0v) is 46.6. The first-order valence-electron chi connectivity index (χ1n) is 30.9. The quantitative estimate of drug-likeness (QED) is 0.0343. The minimum absolute atomic E-state index is 0.0614. The third-order valence-corrected chi connectivity index (χ3v) is 14.7. The van der Waals surface area contributed by atoms with Gasteiger partial charge >= 0.3 is 17.9 Å². The van der Waals surface area contributed by atoms with Gasteiger partial charge in [0.05, 0.1) is 0 Å². The monoisotopic (exact) mass is 961 g/mol. The Balaban J connectivity index is 4.28. The molecule has 0 rings (SSSR count). The minimum Gasteiger partial charge on any atom is -0.462 e. The van der Waals surface area contributed by atoms with Gasteiger partial charge in [-0.25, -0.2) is 0 Å². The van der Waals surface area contributed by atoms with E-state index in [1.54, 1.807) is 0 Å². The van der Waals surface area contributed by atoms with Crippen LogP contribution in [0.2, 0.25) is 0 Å². The van der Waals surface area contributed by atoms with E-state index in [4.69, 9.17) is 14.2 Å². The van der Waals surface area contributed by atoms with Crippen LogP contribution in [0, 0.1) is 5.92 Å². The first kappa shape index (κ1) is 66.4. The molecular formula is C62H120O6. The molecule has 6 nitrogen and oxygen atoms in total. The van der Waals surface area contributed by atoms with Crippen molar-refractivity contribution in [3.63, 3.8) is 0 Å². The average Bonchev–Trinajstić information content (AvgIpc) is 3.34. The van der Waals surface area contributed by atoms with Crippen LogP contribution in [-0.2, 0) is 28.6 Å². The number of hydrogen-bond acceptors (Lipinski definition) is 6. The molecule has 0 saturated heterocycles. The summed E-state index contributed by atoms with van der Waals surface area (Å²) < 4.78 is 16.9. The Morgan fingerprint density at radius 1 is 0.294 bits per heavy atom. The largest absolute Gasteiger partial charge is 0.462 e. The van der Waals surface area contributed by atoms with Gasteiger partial charge in [-0.3, -0.25) is 14.4 Å². The molecule has 68 heavy (non-hydrogen) atoms. The van der Waals surface area contributed by atoms with Gasteiger partial charge < -0.3 is 14.2 Å². The van der Waals surface area contributed by atoms with E-state index in [-0.39, 0.29) is 31.1 Å². The maximum absolute atomic E-state index is 12.9. The van der Waals surface area contributed by atoms with Crippen LogP contribution in [0.1, 0.15) is 355 Å². The Hall–Kier alpha value is -1.59. The van der Waals surface area contributed by atoms with E-state index in [1.807, 2.05) is 0 Å². The maximum atomic E-state index is 12.9. The molecule has 0 bridgehead atoms. The van der Waals surface area contributed by atoms with Crippen LogP contribution < -0.4 is 0 Å². The molecule has 0 aliphatic rings. The highest BCUT2D eigenvalue weighted by Gasteiger charge is 2.19. The molecule has 0 heterocycles. The van der Waals surface area contributed by atoms with E-state index < -0.39 is 6.10 Å². The number of carbonyl (C=O) groups excluding carboxylic acids is 3. The van der Waals surface area contributed by atoms with Crippen molar-refractivity contribution in [3.05, 3.63) is 0 Å². The number of carbonyl (C=O) groups is 3. The van der Waals surface area contributed by atoms with Crippen molar-refractivity contribution in [2.75, 3.05) is 13.2 Å². The Labute approximate surface area is 425 Å². The fraction of sp³-hybridized carbons (Fsp3) is 0.952. The summed E-state index contributed by atoms with van der Waals surface area (Å²) in [5, 5.41) is 0. The third kappa shape index (κ3) is 53.8. The summed E-state index contributed by atoms with van der Waals surface area (Å²) in [7, 11) is 0. The Morgan fingerprint density at radius 2 is 0.515 bits per heavy atom. The van der Waals surface area contributed by atoms with E-state index in [2.05, 4.69) is 27.7 Å². The van der Waals surface area contributed by atoms with Crippen LogP contribution in [0.4, 0.5) is 0 Å². The van der Waals surface area contributed by atoms with Crippen LogP contribution in [0.3, 0.4) is 0 Å². The van der Waals surface area contributed by atoms with Gasteiger partial charge in [0.15, 0.2) is 6.10 Å². The molecule has 1 unspecified atom stereocenters. The smallest absolute Gasteiger partial charge is 0.306 e. The number of rotatable bonds is 57. The highest BCUT2D eigenvalue weighted by Crippen LogP contribution is 2.19. The van der Waals surface area contributed by atoms with Gasteiger partial charge in [-0.05, 0) is 25.2 Å². The van der Waals surface area contributed by atoms with Gasteiger partial charge in [0.2, 0.25) is 0 Å². The Kier molecular flexibility index (Phi) is 55.0. The molecular weight excluding hydrogens is 841 g/mol. The normalized spacial score (nSPS) is 12.4. The number of hydrogen-bond donors (Lipinski definition) is 0. The number of ether oxygens (including phenoxy) is 3. The maximum Gasteiger partial charge on any atom is 0.306 e. The van der Waals surface area contributed by atoms with Crippen LogP contribution in [-0.4, -0.2) is 37.2 Å². The fourth-order valence-corrected chi connectivity index (χ4v) is 9.60. The molecule has 0 spiro atoms. The van der Waals surface area contributed by atoms with Gasteiger partial charge in [-0.2, -0.15) is 0 Å². The average molecular weight is 962 g/mol. The predicted molar refractivity (Wildman–Crippen MR) is 293 cm³/mol. The second kappa shape index (κ2) is 56.3. The van der Waals surface area contributed by atoms with Crippen molar-refractivity contribution in [3.8, 4) is 0 Å². The summed E-state index contributed by atoms with van der Waals surface area (Å²) in [6.45, 7) is 9.12. The molecule has 2 atom stereocenters. The molecule has 0 amide bonds. The minimum atomic E-state index is -0.762. The first-order valence-corrected chi connectivity index (χ1v) is 30.9. The standard InChI is InChI=1S/C62H120O6/c1-5-8-10-12-14-16-18-20-22-23-24-25-31-35-39-43-47-51-55-62(65)68-59(56-66-60(63)53-49-45-41-37-33-29-21-19-17-15-13-11-9-6-2)57-67-61(64)54-50-46-42-38-34-30-27-26-28-32-36-40-44-48-52-58(4)7-3/h58-59H,5-57H2,1-4H3/t58?,59-/m0/s1. The lowest BCUT2D eigenvalue weighted by Crippen LogP contribution is -2.30. The molecule has 0 aliphatic heterocycles. The van der Waals surface area contributed by atoms with E-state index in [0.717, 1.165) is 63.7 Å². The van der Waals surface area contributed by atoms with E-state index in [1.165, 1.54) is 250 Å². The molecule has 0 aromatic rings. The molecule has 6 heteroatoms. The van der Waals surface area contributed by atoms with Crippen LogP contribution in [0.25, 0.3) is 0 Å².